The molecule has 0 bridgehead atoms. The fourth-order valence-corrected chi connectivity index (χ4v) is 3.01. The van der Waals surface area contributed by atoms with E-state index in [-0.39, 0.29) is 30.2 Å². The molecule has 5 heteroatoms. The van der Waals surface area contributed by atoms with Crippen LogP contribution in [0.3, 0.4) is 0 Å². The zero-order chi connectivity index (χ0) is 15.7. The average molecular weight is 335 g/mol. The summed E-state index contributed by atoms with van der Waals surface area (Å²) in [5.74, 6) is -0.465. The minimum absolute atomic E-state index is 0. The molecule has 0 fully saturated rings. The van der Waals surface area contributed by atoms with E-state index in [9.17, 15) is 9.18 Å². The first-order valence-corrected chi connectivity index (χ1v) is 7.50. The second-order valence-electron chi connectivity index (χ2n) is 5.84. The average Bonchev–Trinajstić information content (AvgIpc) is 2.50. The van der Waals surface area contributed by atoms with E-state index in [2.05, 4.69) is 5.32 Å². The van der Waals surface area contributed by atoms with Crippen molar-refractivity contribution >= 4 is 24.0 Å². The predicted molar refractivity (Wildman–Crippen MR) is 92.4 cm³/mol. The standard InChI is InChI=1S/C18H19FN2O.ClH/c1-11-9-13(5-8-16(11)19)18(22)21-17-4-2-3-12-10-14(20)6-7-15(12)17;/h5-10,17H,2-4,20H2,1H3,(H,21,22);1H. The molecule has 1 unspecified atom stereocenters. The molecule has 0 aliphatic heterocycles. The number of benzene rings is 2. The Kier molecular flexibility index (Phi) is 5.26. The number of carbonyl (C=O) groups excluding carboxylic acids is 1. The van der Waals surface area contributed by atoms with Gasteiger partial charge in [-0.1, -0.05) is 6.07 Å². The van der Waals surface area contributed by atoms with Crippen LogP contribution >= 0.6 is 12.4 Å². The number of anilines is 1. The van der Waals surface area contributed by atoms with Crippen molar-refractivity contribution in [1.29, 1.82) is 0 Å². The molecule has 2 aromatic rings. The van der Waals surface area contributed by atoms with Crippen molar-refractivity contribution in [2.75, 3.05) is 5.73 Å². The zero-order valence-electron chi connectivity index (χ0n) is 12.9. The number of amides is 1. The van der Waals surface area contributed by atoms with Crippen LogP contribution < -0.4 is 11.1 Å². The molecule has 0 spiro atoms. The maximum Gasteiger partial charge on any atom is 0.251 e. The summed E-state index contributed by atoms with van der Waals surface area (Å²) >= 11 is 0. The van der Waals surface area contributed by atoms with Crippen molar-refractivity contribution in [3.63, 3.8) is 0 Å². The Balaban J connectivity index is 0.00000192. The Morgan fingerprint density at radius 2 is 2.04 bits per heavy atom. The van der Waals surface area contributed by atoms with E-state index in [0.29, 0.717) is 11.1 Å². The summed E-state index contributed by atoms with van der Waals surface area (Å²) in [5.41, 5.74) is 9.87. The maximum absolute atomic E-state index is 13.3. The number of aryl methyl sites for hydroxylation is 2. The van der Waals surface area contributed by atoms with Gasteiger partial charge in [0.25, 0.3) is 5.91 Å². The summed E-state index contributed by atoms with van der Waals surface area (Å²) in [5, 5.41) is 3.06. The highest BCUT2D eigenvalue weighted by Gasteiger charge is 2.22. The lowest BCUT2D eigenvalue weighted by Crippen LogP contribution is -2.31. The zero-order valence-corrected chi connectivity index (χ0v) is 13.8. The SMILES string of the molecule is Cc1cc(C(=O)NC2CCCc3cc(N)ccc32)ccc1F.Cl. The molecule has 0 saturated heterocycles. The molecule has 2 aromatic carbocycles. The summed E-state index contributed by atoms with van der Waals surface area (Å²) < 4.78 is 13.3. The smallest absolute Gasteiger partial charge is 0.251 e. The molecule has 1 atom stereocenters. The van der Waals surface area contributed by atoms with Gasteiger partial charge in [-0.25, -0.2) is 4.39 Å². The van der Waals surface area contributed by atoms with Crippen molar-refractivity contribution in [2.24, 2.45) is 0 Å². The van der Waals surface area contributed by atoms with Gasteiger partial charge in [0.2, 0.25) is 0 Å². The summed E-state index contributed by atoms with van der Waals surface area (Å²) in [7, 11) is 0. The van der Waals surface area contributed by atoms with Gasteiger partial charge in [0.05, 0.1) is 6.04 Å². The Morgan fingerprint density at radius 3 is 2.78 bits per heavy atom. The predicted octanol–water partition coefficient (Wildman–Crippen LogP) is 3.95. The van der Waals surface area contributed by atoms with Crippen molar-refractivity contribution in [2.45, 2.75) is 32.2 Å². The van der Waals surface area contributed by atoms with Crippen LogP contribution in [0.1, 0.15) is 45.9 Å². The minimum Gasteiger partial charge on any atom is -0.399 e. The third-order valence-electron chi connectivity index (χ3n) is 4.21. The lowest BCUT2D eigenvalue weighted by molar-refractivity contribution is 0.0932. The fraction of sp³-hybridized carbons (Fsp3) is 0.278. The van der Waals surface area contributed by atoms with Crippen LogP contribution in [0.4, 0.5) is 10.1 Å². The van der Waals surface area contributed by atoms with Crippen LogP contribution in [0.15, 0.2) is 36.4 Å². The van der Waals surface area contributed by atoms with Gasteiger partial charge in [-0.2, -0.15) is 0 Å². The van der Waals surface area contributed by atoms with Crippen LogP contribution in [0.5, 0.6) is 0 Å². The van der Waals surface area contributed by atoms with E-state index < -0.39 is 0 Å². The number of halogens is 2. The number of nitrogen functional groups attached to an aromatic ring is 1. The molecule has 0 radical (unpaired) electrons. The van der Waals surface area contributed by atoms with Gasteiger partial charge < -0.3 is 11.1 Å². The summed E-state index contributed by atoms with van der Waals surface area (Å²) in [6, 6.07) is 10.3. The molecule has 0 aromatic heterocycles. The molecule has 0 heterocycles. The van der Waals surface area contributed by atoms with Crippen LogP contribution in [-0.4, -0.2) is 5.91 Å². The topological polar surface area (TPSA) is 55.1 Å². The molecule has 1 aliphatic rings. The van der Waals surface area contributed by atoms with Gasteiger partial charge >= 0.3 is 0 Å². The molecule has 23 heavy (non-hydrogen) atoms. The lowest BCUT2D eigenvalue weighted by Gasteiger charge is -2.26. The van der Waals surface area contributed by atoms with E-state index in [1.165, 1.54) is 17.7 Å². The molecule has 122 valence electrons. The van der Waals surface area contributed by atoms with E-state index in [1.54, 1.807) is 13.0 Å². The summed E-state index contributed by atoms with van der Waals surface area (Å²) in [4.78, 5) is 12.4. The second-order valence-corrected chi connectivity index (χ2v) is 5.84. The molecule has 3 N–H and O–H groups in total. The van der Waals surface area contributed by atoms with E-state index >= 15 is 0 Å². The highest BCUT2D eigenvalue weighted by molar-refractivity contribution is 5.94. The molecular formula is C18H20ClFN2O. The van der Waals surface area contributed by atoms with Gasteiger partial charge in [0, 0.05) is 11.3 Å². The minimum atomic E-state index is -0.296. The first-order chi connectivity index (χ1) is 10.5. The van der Waals surface area contributed by atoms with Crippen molar-refractivity contribution < 1.29 is 9.18 Å². The fourth-order valence-electron chi connectivity index (χ4n) is 3.01. The second kappa shape index (κ2) is 7.01. The first kappa shape index (κ1) is 17.3. The summed E-state index contributed by atoms with van der Waals surface area (Å²) in [6.45, 7) is 1.66. The monoisotopic (exact) mass is 334 g/mol. The Bertz CT molecular complexity index is 733. The Morgan fingerprint density at radius 1 is 1.26 bits per heavy atom. The molecule has 0 saturated carbocycles. The van der Waals surface area contributed by atoms with Gasteiger partial charge in [-0.3, -0.25) is 4.79 Å². The molecule has 3 rings (SSSR count). The molecule has 1 amide bonds. The number of hydrogen-bond acceptors (Lipinski definition) is 2. The van der Waals surface area contributed by atoms with E-state index in [0.717, 1.165) is 30.5 Å². The Labute approximate surface area is 141 Å². The first-order valence-electron chi connectivity index (χ1n) is 7.50. The number of rotatable bonds is 2. The van der Waals surface area contributed by atoms with Crippen molar-refractivity contribution in [3.8, 4) is 0 Å². The van der Waals surface area contributed by atoms with Crippen LogP contribution in [0, 0.1) is 12.7 Å². The number of fused-ring (bicyclic) bond motifs is 1. The van der Waals surface area contributed by atoms with Crippen molar-refractivity contribution in [3.05, 3.63) is 64.5 Å². The normalized spacial score (nSPS) is 16.2. The summed E-state index contributed by atoms with van der Waals surface area (Å²) in [6.07, 6.45) is 2.91. The third-order valence-corrected chi connectivity index (χ3v) is 4.21. The lowest BCUT2D eigenvalue weighted by atomic mass is 9.87. The largest absolute Gasteiger partial charge is 0.399 e. The third kappa shape index (κ3) is 3.64. The van der Waals surface area contributed by atoms with Gasteiger partial charge in [-0.15, -0.1) is 12.4 Å². The highest BCUT2D eigenvalue weighted by atomic mass is 35.5. The number of nitrogens with one attached hydrogen (secondary N) is 1. The molecular weight excluding hydrogens is 315 g/mol. The number of hydrogen-bond donors (Lipinski definition) is 2. The van der Waals surface area contributed by atoms with Gasteiger partial charge in [0.15, 0.2) is 0 Å². The van der Waals surface area contributed by atoms with Gasteiger partial charge in [0.1, 0.15) is 5.82 Å². The van der Waals surface area contributed by atoms with Gasteiger partial charge in [-0.05, 0) is 73.2 Å². The Hall–Kier alpha value is -2.07. The maximum atomic E-state index is 13.3. The van der Waals surface area contributed by atoms with Crippen LogP contribution in [0.25, 0.3) is 0 Å². The van der Waals surface area contributed by atoms with E-state index in [4.69, 9.17) is 5.73 Å². The quantitative estimate of drug-likeness (QED) is 0.817. The number of nitrogens with two attached hydrogens (primary N) is 1. The number of carbonyl (C=O) groups is 1. The van der Waals surface area contributed by atoms with Crippen LogP contribution in [-0.2, 0) is 6.42 Å². The molecule has 3 nitrogen and oxygen atoms in total. The van der Waals surface area contributed by atoms with E-state index in [1.807, 2.05) is 18.2 Å². The van der Waals surface area contributed by atoms with Crippen molar-refractivity contribution in [1.82, 2.24) is 5.32 Å². The van der Waals surface area contributed by atoms with Crippen LogP contribution in [0.2, 0.25) is 0 Å². The highest BCUT2D eigenvalue weighted by Crippen LogP contribution is 2.31. The molecule has 1 aliphatic carbocycles.